The van der Waals surface area contributed by atoms with E-state index < -0.39 is 11.4 Å². The first-order chi connectivity index (χ1) is 8.26. The zero-order chi connectivity index (χ0) is 13.8. The third-order valence-electron chi connectivity index (χ3n) is 2.18. The van der Waals surface area contributed by atoms with Crippen LogP contribution in [-0.4, -0.2) is 41.7 Å². The second-order valence-corrected chi connectivity index (χ2v) is 5.04. The third-order valence-corrected chi connectivity index (χ3v) is 2.18. The molecule has 0 fully saturated rings. The van der Waals surface area contributed by atoms with E-state index in [-0.39, 0.29) is 12.5 Å². The van der Waals surface area contributed by atoms with Crippen LogP contribution >= 0.6 is 0 Å². The van der Waals surface area contributed by atoms with E-state index in [9.17, 15) is 14.3 Å². The van der Waals surface area contributed by atoms with Gasteiger partial charge in [-0.25, -0.2) is 4.39 Å². The number of anilines is 1. The summed E-state index contributed by atoms with van der Waals surface area (Å²) in [6.07, 6.45) is 0. The summed E-state index contributed by atoms with van der Waals surface area (Å²) in [5, 5.41) is 12.2. The first-order valence-electron chi connectivity index (χ1n) is 5.72. The number of carbonyl (C=O) groups excluding carboxylic acids is 1. The van der Waals surface area contributed by atoms with Crippen LogP contribution in [0.4, 0.5) is 10.1 Å². The molecule has 0 unspecified atom stereocenters. The number of benzene rings is 1. The Bertz CT molecular complexity index is 416. The van der Waals surface area contributed by atoms with Crippen LogP contribution in [0.5, 0.6) is 0 Å². The molecule has 0 heterocycles. The Morgan fingerprint density at radius 3 is 2.72 bits per heavy atom. The molecule has 100 valence electrons. The quantitative estimate of drug-likeness (QED) is 0.836. The van der Waals surface area contributed by atoms with Gasteiger partial charge in [0.25, 0.3) is 0 Å². The fourth-order valence-electron chi connectivity index (χ4n) is 1.73. The highest BCUT2D eigenvalue weighted by molar-refractivity contribution is 5.92. The largest absolute Gasteiger partial charge is 0.389 e. The van der Waals surface area contributed by atoms with Crippen LogP contribution in [0.25, 0.3) is 0 Å². The Morgan fingerprint density at radius 2 is 2.17 bits per heavy atom. The van der Waals surface area contributed by atoms with Crippen molar-refractivity contribution in [3.05, 3.63) is 30.1 Å². The molecule has 1 aromatic carbocycles. The van der Waals surface area contributed by atoms with Gasteiger partial charge in [0, 0.05) is 12.2 Å². The van der Waals surface area contributed by atoms with E-state index in [1.807, 2.05) is 0 Å². The fourth-order valence-corrected chi connectivity index (χ4v) is 1.73. The summed E-state index contributed by atoms with van der Waals surface area (Å²) >= 11 is 0. The molecule has 1 rings (SSSR count). The Kier molecular flexibility index (Phi) is 4.81. The molecule has 5 heteroatoms. The molecular weight excluding hydrogens is 235 g/mol. The number of likely N-dealkylation sites (N-methyl/N-ethyl adjacent to an activating group) is 1. The molecule has 0 saturated heterocycles. The maximum absolute atomic E-state index is 12.9. The smallest absolute Gasteiger partial charge is 0.238 e. The number of hydrogen-bond acceptors (Lipinski definition) is 3. The molecule has 0 aromatic heterocycles. The SMILES string of the molecule is CN(CC(=O)Nc1cccc(F)c1)CC(C)(C)O. The predicted molar refractivity (Wildman–Crippen MR) is 68.8 cm³/mol. The van der Waals surface area contributed by atoms with Crippen molar-refractivity contribution >= 4 is 11.6 Å². The van der Waals surface area contributed by atoms with E-state index in [0.717, 1.165) is 0 Å². The minimum absolute atomic E-state index is 0.139. The second kappa shape index (κ2) is 5.93. The topological polar surface area (TPSA) is 52.6 Å². The lowest BCUT2D eigenvalue weighted by Crippen LogP contribution is -2.40. The molecule has 0 spiro atoms. The van der Waals surface area contributed by atoms with Gasteiger partial charge in [0.05, 0.1) is 12.1 Å². The lowest BCUT2D eigenvalue weighted by molar-refractivity contribution is -0.117. The van der Waals surface area contributed by atoms with Gasteiger partial charge in [0.2, 0.25) is 5.91 Å². The van der Waals surface area contributed by atoms with Gasteiger partial charge in [-0.2, -0.15) is 0 Å². The van der Waals surface area contributed by atoms with Crippen LogP contribution < -0.4 is 5.32 Å². The standard InChI is InChI=1S/C13H19FN2O2/c1-13(2,18)9-16(3)8-12(17)15-11-6-4-5-10(14)7-11/h4-7,18H,8-9H2,1-3H3,(H,15,17). The van der Waals surface area contributed by atoms with E-state index >= 15 is 0 Å². The van der Waals surface area contributed by atoms with Crippen molar-refractivity contribution in [2.75, 3.05) is 25.5 Å². The Balaban J connectivity index is 2.47. The van der Waals surface area contributed by atoms with E-state index in [1.165, 1.54) is 18.2 Å². The zero-order valence-electron chi connectivity index (χ0n) is 10.9. The summed E-state index contributed by atoms with van der Waals surface area (Å²) in [7, 11) is 1.74. The maximum Gasteiger partial charge on any atom is 0.238 e. The number of nitrogens with zero attached hydrogens (tertiary/aromatic N) is 1. The zero-order valence-corrected chi connectivity index (χ0v) is 10.9. The Morgan fingerprint density at radius 1 is 1.50 bits per heavy atom. The maximum atomic E-state index is 12.9. The van der Waals surface area contributed by atoms with Crippen LogP contribution in [0.3, 0.4) is 0 Å². The number of rotatable bonds is 5. The van der Waals surface area contributed by atoms with Crippen LogP contribution in [-0.2, 0) is 4.79 Å². The van der Waals surface area contributed by atoms with Crippen molar-refractivity contribution in [2.24, 2.45) is 0 Å². The van der Waals surface area contributed by atoms with Crippen LogP contribution in [0, 0.1) is 5.82 Å². The van der Waals surface area contributed by atoms with Crippen LogP contribution in [0.2, 0.25) is 0 Å². The Hall–Kier alpha value is -1.46. The average molecular weight is 254 g/mol. The first-order valence-corrected chi connectivity index (χ1v) is 5.72. The third kappa shape index (κ3) is 5.75. The summed E-state index contributed by atoms with van der Waals surface area (Å²) < 4.78 is 12.9. The highest BCUT2D eigenvalue weighted by atomic mass is 19.1. The van der Waals surface area contributed by atoms with E-state index in [4.69, 9.17) is 0 Å². The van der Waals surface area contributed by atoms with Gasteiger partial charge in [-0.3, -0.25) is 9.69 Å². The van der Waals surface area contributed by atoms with Gasteiger partial charge in [0.15, 0.2) is 0 Å². The molecule has 0 aliphatic carbocycles. The van der Waals surface area contributed by atoms with E-state index in [0.29, 0.717) is 12.2 Å². The normalized spacial score (nSPS) is 11.7. The lowest BCUT2D eigenvalue weighted by Gasteiger charge is -2.24. The lowest BCUT2D eigenvalue weighted by atomic mass is 10.1. The van der Waals surface area contributed by atoms with Gasteiger partial charge >= 0.3 is 0 Å². The number of amides is 1. The molecule has 0 radical (unpaired) electrons. The van der Waals surface area contributed by atoms with Gasteiger partial charge in [-0.1, -0.05) is 6.07 Å². The highest BCUT2D eigenvalue weighted by Gasteiger charge is 2.17. The number of hydrogen-bond donors (Lipinski definition) is 2. The first kappa shape index (κ1) is 14.6. The van der Waals surface area contributed by atoms with Crippen molar-refractivity contribution in [3.63, 3.8) is 0 Å². The van der Waals surface area contributed by atoms with Gasteiger partial charge in [-0.05, 0) is 39.1 Å². The highest BCUT2D eigenvalue weighted by Crippen LogP contribution is 2.09. The number of halogens is 1. The number of aliphatic hydroxyl groups is 1. The molecule has 1 aromatic rings. The Labute approximate surface area is 106 Å². The second-order valence-electron chi connectivity index (χ2n) is 5.04. The molecule has 1 amide bonds. The molecule has 0 bridgehead atoms. The van der Waals surface area contributed by atoms with Crippen molar-refractivity contribution in [3.8, 4) is 0 Å². The van der Waals surface area contributed by atoms with Crippen LogP contribution in [0.15, 0.2) is 24.3 Å². The van der Waals surface area contributed by atoms with Gasteiger partial charge in [0.1, 0.15) is 5.82 Å². The number of carbonyl (C=O) groups is 1. The van der Waals surface area contributed by atoms with Crippen molar-refractivity contribution in [1.82, 2.24) is 4.90 Å². The molecular formula is C13H19FN2O2. The van der Waals surface area contributed by atoms with E-state index in [1.54, 1.807) is 31.9 Å². The molecule has 0 atom stereocenters. The minimum atomic E-state index is -0.853. The average Bonchev–Trinajstić information content (AvgIpc) is 2.13. The summed E-state index contributed by atoms with van der Waals surface area (Å²) in [6.45, 7) is 3.87. The van der Waals surface area contributed by atoms with E-state index in [2.05, 4.69) is 5.32 Å². The summed E-state index contributed by atoms with van der Waals surface area (Å²) in [5.74, 6) is -0.634. The van der Waals surface area contributed by atoms with Crippen LogP contribution in [0.1, 0.15) is 13.8 Å². The van der Waals surface area contributed by atoms with Crippen molar-refractivity contribution in [2.45, 2.75) is 19.4 Å². The summed E-state index contributed by atoms with van der Waals surface area (Å²) in [6, 6.07) is 5.73. The number of nitrogens with one attached hydrogen (secondary N) is 1. The van der Waals surface area contributed by atoms with Gasteiger partial charge < -0.3 is 10.4 Å². The molecule has 0 saturated carbocycles. The fraction of sp³-hybridized carbons (Fsp3) is 0.462. The molecule has 4 nitrogen and oxygen atoms in total. The predicted octanol–water partition coefficient (Wildman–Crippen LogP) is 1.47. The summed E-state index contributed by atoms with van der Waals surface area (Å²) in [4.78, 5) is 13.4. The molecule has 0 aliphatic heterocycles. The summed E-state index contributed by atoms with van der Waals surface area (Å²) in [5.41, 5.74) is -0.426. The van der Waals surface area contributed by atoms with Crippen molar-refractivity contribution < 1.29 is 14.3 Å². The van der Waals surface area contributed by atoms with Crippen molar-refractivity contribution in [1.29, 1.82) is 0 Å². The molecule has 2 N–H and O–H groups in total. The van der Waals surface area contributed by atoms with Gasteiger partial charge in [-0.15, -0.1) is 0 Å². The minimum Gasteiger partial charge on any atom is -0.389 e. The molecule has 18 heavy (non-hydrogen) atoms. The monoisotopic (exact) mass is 254 g/mol. The molecule has 0 aliphatic rings.